The number of nitrogens with zero attached hydrogens (tertiary/aromatic N) is 2. The summed E-state index contributed by atoms with van der Waals surface area (Å²) in [5.41, 5.74) is 6.50. The van der Waals surface area contributed by atoms with Crippen LogP contribution in [0, 0.1) is 0 Å². The van der Waals surface area contributed by atoms with E-state index in [1.165, 1.54) is 11.3 Å². The molecule has 2 heterocycles. The molecule has 2 N–H and O–H groups in total. The highest BCUT2D eigenvalue weighted by Crippen LogP contribution is 2.30. The third-order valence-electron chi connectivity index (χ3n) is 2.50. The molecular formula is C13H10ClN3OS2. The van der Waals surface area contributed by atoms with Crippen molar-refractivity contribution in [3.63, 3.8) is 0 Å². The van der Waals surface area contributed by atoms with Crippen molar-refractivity contribution in [3.8, 4) is 11.3 Å². The minimum Gasteiger partial charge on any atom is -0.440 e. The average molecular weight is 324 g/mol. The summed E-state index contributed by atoms with van der Waals surface area (Å²) in [6.45, 7) is 0. The Kier molecular flexibility index (Phi) is 3.95. The van der Waals surface area contributed by atoms with E-state index < -0.39 is 0 Å². The molecule has 7 heteroatoms. The normalized spacial score (nSPS) is 10.8. The molecule has 102 valence electrons. The lowest BCUT2D eigenvalue weighted by atomic mass is 10.2. The van der Waals surface area contributed by atoms with E-state index in [2.05, 4.69) is 9.97 Å². The van der Waals surface area contributed by atoms with Gasteiger partial charge < -0.3 is 10.2 Å². The summed E-state index contributed by atoms with van der Waals surface area (Å²) < 4.78 is 6.76. The maximum absolute atomic E-state index is 5.96. The summed E-state index contributed by atoms with van der Waals surface area (Å²) >= 11 is 9.02. The van der Waals surface area contributed by atoms with Gasteiger partial charge in [0.1, 0.15) is 0 Å². The highest BCUT2D eigenvalue weighted by atomic mass is 35.5. The van der Waals surface area contributed by atoms with E-state index in [-0.39, 0.29) is 0 Å². The van der Waals surface area contributed by atoms with Crippen LogP contribution in [0.3, 0.4) is 0 Å². The molecule has 0 aliphatic rings. The van der Waals surface area contributed by atoms with Crippen molar-refractivity contribution in [1.29, 1.82) is 0 Å². The minimum absolute atomic E-state index is 0.569. The van der Waals surface area contributed by atoms with Gasteiger partial charge >= 0.3 is 0 Å². The molecule has 0 saturated heterocycles. The van der Waals surface area contributed by atoms with E-state index >= 15 is 0 Å². The smallest absolute Gasteiger partial charge is 0.205 e. The SMILES string of the molecule is Nc1ncc(SCc2ncc(-c3cccc(Cl)c3)o2)s1. The first kappa shape index (κ1) is 13.5. The van der Waals surface area contributed by atoms with Crippen LogP contribution in [0.5, 0.6) is 0 Å². The van der Waals surface area contributed by atoms with Crippen molar-refractivity contribution < 1.29 is 4.42 Å². The Hall–Kier alpha value is -1.50. The highest BCUT2D eigenvalue weighted by Gasteiger charge is 2.08. The van der Waals surface area contributed by atoms with Crippen LogP contribution in [0.15, 0.2) is 45.3 Å². The molecule has 3 rings (SSSR count). The predicted molar refractivity (Wildman–Crippen MR) is 83.0 cm³/mol. The summed E-state index contributed by atoms with van der Waals surface area (Å²) in [7, 11) is 0. The second kappa shape index (κ2) is 5.87. The van der Waals surface area contributed by atoms with E-state index in [1.807, 2.05) is 24.3 Å². The molecular weight excluding hydrogens is 314 g/mol. The number of thiazole rings is 1. The maximum Gasteiger partial charge on any atom is 0.205 e. The fraction of sp³-hybridized carbons (Fsp3) is 0.0769. The monoisotopic (exact) mass is 323 g/mol. The van der Waals surface area contributed by atoms with Crippen molar-refractivity contribution in [1.82, 2.24) is 9.97 Å². The van der Waals surface area contributed by atoms with Gasteiger partial charge in [0.2, 0.25) is 5.89 Å². The van der Waals surface area contributed by atoms with Crippen molar-refractivity contribution in [2.45, 2.75) is 9.96 Å². The van der Waals surface area contributed by atoms with Crippen LogP contribution in [0.25, 0.3) is 11.3 Å². The molecule has 0 saturated carbocycles. The van der Waals surface area contributed by atoms with Gasteiger partial charge in [-0.25, -0.2) is 9.97 Å². The lowest BCUT2D eigenvalue weighted by molar-refractivity contribution is 0.530. The quantitative estimate of drug-likeness (QED) is 0.724. The van der Waals surface area contributed by atoms with Crippen LogP contribution in [0.1, 0.15) is 5.89 Å². The Labute approximate surface area is 129 Å². The number of oxazole rings is 1. The van der Waals surface area contributed by atoms with Gasteiger partial charge in [-0.15, -0.1) is 11.8 Å². The standard InChI is InChI=1S/C13H10ClN3OS2/c14-9-3-1-2-8(4-9)10-5-16-11(18-10)7-19-12-6-17-13(15)20-12/h1-6H,7H2,(H2,15,17). The van der Waals surface area contributed by atoms with Gasteiger partial charge in [-0.2, -0.15) is 0 Å². The average Bonchev–Trinajstić information content (AvgIpc) is 3.05. The third kappa shape index (κ3) is 3.15. The Balaban J connectivity index is 1.70. The lowest BCUT2D eigenvalue weighted by Gasteiger charge is -1.96. The number of rotatable bonds is 4. The Morgan fingerprint density at radius 2 is 2.20 bits per heavy atom. The highest BCUT2D eigenvalue weighted by molar-refractivity contribution is 8.00. The first-order chi connectivity index (χ1) is 9.70. The molecule has 2 aromatic heterocycles. The van der Waals surface area contributed by atoms with Crippen LogP contribution >= 0.6 is 34.7 Å². The summed E-state index contributed by atoms with van der Waals surface area (Å²) in [5.74, 6) is 2.02. The fourth-order valence-corrected chi connectivity index (χ4v) is 3.43. The molecule has 1 aromatic carbocycles. The van der Waals surface area contributed by atoms with E-state index in [0.717, 1.165) is 9.77 Å². The van der Waals surface area contributed by atoms with Gasteiger partial charge in [0.25, 0.3) is 0 Å². The number of thioether (sulfide) groups is 1. The van der Waals surface area contributed by atoms with Crippen LogP contribution in [-0.4, -0.2) is 9.97 Å². The summed E-state index contributed by atoms with van der Waals surface area (Å²) in [5, 5.41) is 1.24. The topological polar surface area (TPSA) is 64.9 Å². The Morgan fingerprint density at radius 1 is 1.30 bits per heavy atom. The number of nitrogens with two attached hydrogens (primary N) is 1. The van der Waals surface area contributed by atoms with E-state index in [1.54, 1.807) is 24.2 Å². The number of hydrogen-bond acceptors (Lipinski definition) is 6. The molecule has 0 spiro atoms. The summed E-state index contributed by atoms with van der Waals surface area (Å²) in [6, 6.07) is 7.50. The maximum atomic E-state index is 5.96. The van der Waals surface area contributed by atoms with Crippen LogP contribution in [-0.2, 0) is 5.75 Å². The van der Waals surface area contributed by atoms with Crippen molar-refractivity contribution in [2.24, 2.45) is 0 Å². The number of hydrogen-bond donors (Lipinski definition) is 1. The van der Waals surface area contributed by atoms with Gasteiger partial charge in [0, 0.05) is 10.6 Å². The van der Waals surface area contributed by atoms with Gasteiger partial charge in [-0.3, -0.25) is 0 Å². The molecule has 0 atom stereocenters. The fourth-order valence-electron chi connectivity index (χ4n) is 1.62. The lowest BCUT2D eigenvalue weighted by Crippen LogP contribution is -1.77. The van der Waals surface area contributed by atoms with Crippen molar-refractivity contribution >= 4 is 39.8 Å². The van der Waals surface area contributed by atoms with Crippen LogP contribution in [0.4, 0.5) is 5.13 Å². The van der Waals surface area contributed by atoms with E-state index in [4.69, 9.17) is 21.8 Å². The van der Waals surface area contributed by atoms with Gasteiger partial charge in [-0.1, -0.05) is 35.1 Å². The molecule has 0 unspecified atom stereocenters. The second-order valence-electron chi connectivity index (χ2n) is 3.93. The van der Waals surface area contributed by atoms with Crippen molar-refractivity contribution in [3.05, 3.63) is 47.6 Å². The molecule has 0 radical (unpaired) electrons. The molecule has 4 nitrogen and oxygen atoms in total. The molecule has 20 heavy (non-hydrogen) atoms. The minimum atomic E-state index is 0.569. The number of halogens is 1. The molecule has 0 amide bonds. The zero-order valence-corrected chi connectivity index (χ0v) is 12.6. The second-order valence-corrected chi connectivity index (χ2v) is 6.71. The first-order valence-electron chi connectivity index (χ1n) is 5.75. The van der Waals surface area contributed by atoms with Gasteiger partial charge in [0.05, 0.1) is 22.4 Å². The van der Waals surface area contributed by atoms with E-state index in [9.17, 15) is 0 Å². The van der Waals surface area contributed by atoms with Gasteiger partial charge in [0.15, 0.2) is 10.9 Å². The third-order valence-corrected chi connectivity index (χ3v) is 4.74. The molecule has 0 aliphatic carbocycles. The number of nitrogen functional groups attached to an aromatic ring is 1. The van der Waals surface area contributed by atoms with E-state index in [0.29, 0.717) is 27.6 Å². The van der Waals surface area contributed by atoms with Gasteiger partial charge in [-0.05, 0) is 12.1 Å². The number of benzene rings is 1. The first-order valence-corrected chi connectivity index (χ1v) is 7.93. The zero-order chi connectivity index (χ0) is 13.9. The molecule has 0 fully saturated rings. The number of aromatic nitrogens is 2. The largest absolute Gasteiger partial charge is 0.440 e. The molecule has 0 bridgehead atoms. The molecule has 0 aliphatic heterocycles. The summed E-state index contributed by atoms with van der Waals surface area (Å²) in [4.78, 5) is 8.27. The predicted octanol–water partition coefficient (Wildman–Crippen LogP) is 4.33. The molecule has 3 aromatic rings. The summed E-state index contributed by atoms with van der Waals surface area (Å²) in [6.07, 6.45) is 3.47. The van der Waals surface area contributed by atoms with Crippen LogP contribution < -0.4 is 5.73 Å². The van der Waals surface area contributed by atoms with Crippen molar-refractivity contribution in [2.75, 3.05) is 5.73 Å². The van der Waals surface area contributed by atoms with Crippen LogP contribution in [0.2, 0.25) is 5.02 Å². The Morgan fingerprint density at radius 3 is 2.95 bits per heavy atom. The zero-order valence-electron chi connectivity index (χ0n) is 10.2. The Bertz CT molecular complexity index is 726. The number of anilines is 1.